The molecule has 15 heavy (non-hydrogen) atoms. The summed E-state index contributed by atoms with van der Waals surface area (Å²) in [4.78, 5) is 2.23. The molecule has 1 aliphatic heterocycles. The number of fused-ring (bicyclic) bond motifs is 1. The average molecular weight is 241 g/mol. The van der Waals surface area contributed by atoms with Crippen molar-refractivity contribution in [2.24, 2.45) is 0 Å². The number of hydrogen-bond donors (Lipinski definition) is 1. The number of hydrogen-bond acceptors (Lipinski definition) is 3. The second-order valence-electron chi connectivity index (χ2n) is 3.68. The topological polar surface area (TPSA) is 29.1 Å². The number of rotatable bonds is 2. The standard InChI is InChI=1S/C11H15NOS2/c1-8-6-9-4-3-5-15(13)11(9)7-10(8)14-12-2/h6-7,12H,3-5H2,1-2H3. The lowest BCUT2D eigenvalue weighted by Crippen LogP contribution is -2.11. The maximum atomic E-state index is 11.8. The summed E-state index contributed by atoms with van der Waals surface area (Å²) in [7, 11) is 1.12. The van der Waals surface area contributed by atoms with Crippen LogP contribution in [0.2, 0.25) is 0 Å². The molecule has 0 fully saturated rings. The van der Waals surface area contributed by atoms with Gasteiger partial charge in [0.15, 0.2) is 0 Å². The third-order valence-corrected chi connectivity index (χ3v) is 4.99. The van der Waals surface area contributed by atoms with Gasteiger partial charge in [0.25, 0.3) is 0 Å². The first-order valence-electron chi connectivity index (χ1n) is 5.08. The van der Waals surface area contributed by atoms with E-state index in [4.69, 9.17) is 0 Å². The zero-order chi connectivity index (χ0) is 10.8. The van der Waals surface area contributed by atoms with Crippen LogP contribution in [0.1, 0.15) is 17.5 Å². The quantitative estimate of drug-likeness (QED) is 0.805. The molecule has 1 unspecified atom stereocenters. The van der Waals surface area contributed by atoms with E-state index in [1.807, 2.05) is 7.05 Å². The minimum absolute atomic E-state index is 0.778. The van der Waals surface area contributed by atoms with Crippen molar-refractivity contribution in [1.82, 2.24) is 4.72 Å². The summed E-state index contributed by atoms with van der Waals surface area (Å²) < 4.78 is 14.9. The van der Waals surface area contributed by atoms with Gasteiger partial charge in [-0.3, -0.25) is 8.93 Å². The van der Waals surface area contributed by atoms with E-state index >= 15 is 0 Å². The molecule has 1 aromatic carbocycles. The van der Waals surface area contributed by atoms with E-state index in [0.29, 0.717) is 0 Å². The Balaban J connectivity index is 2.45. The first-order valence-corrected chi connectivity index (χ1v) is 7.21. The molecule has 0 bridgehead atoms. The molecule has 1 N–H and O–H groups in total. The van der Waals surface area contributed by atoms with Crippen LogP contribution in [0.15, 0.2) is 21.9 Å². The summed E-state index contributed by atoms with van der Waals surface area (Å²) in [6, 6.07) is 4.27. The summed E-state index contributed by atoms with van der Waals surface area (Å²) in [6.07, 6.45) is 2.13. The van der Waals surface area contributed by atoms with Gasteiger partial charge in [0, 0.05) is 15.5 Å². The van der Waals surface area contributed by atoms with Crippen molar-refractivity contribution in [3.63, 3.8) is 0 Å². The zero-order valence-corrected chi connectivity index (χ0v) is 10.6. The maximum Gasteiger partial charge on any atom is 0.0532 e. The monoisotopic (exact) mass is 241 g/mol. The SMILES string of the molecule is CNSc1cc2c(cc1C)CCCS2=O. The molecule has 1 atom stereocenters. The normalized spacial score (nSPS) is 20.0. The largest absolute Gasteiger partial charge is 0.263 e. The molecule has 1 aliphatic rings. The van der Waals surface area contributed by atoms with Crippen LogP contribution in [0.5, 0.6) is 0 Å². The summed E-state index contributed by atoms with van der Waals surface area (Å²) in [5, 5.41) is 0. The number of nitrogens with one attached hydrogen (secondary N) is 1. The molecule has 0 radical (unpaired) electrons. The van der Waals surface area contributed by atoms with E-state index in [2.05, 4.69) is 23.8 Å². The van der Waals surface area contributed by atoms with Crippen LogP contribution in [0.25, 0.3) is 0 Å². The molecular weight excluding hydrogens is 226 g/mol. The highest BCUT2D eigenvalue weighted by molar-refractivity contribution is 7.97. The summed E-state index contributed by atoms with van der Waals surface area (Å²) in [6.45, 7) is 2.11. The van der Waals surface area contributed by atoms with Crippen molar-refractivity contribution in [3.05, 3.63) is 23.3 Å². The molecule has 2 nitrogen and oxygen atoms in total. The second-order valence-corrected chi connectivity index (χ2v) is 6.28. The van der Waals surface area contributed by atoms with Gasteiger partial charge < -0.3 is 0 Å². The predicted octanol–water partition coefficient (Wildman–Crippen LogP) is 2.28. The van der Waals surface area contributed by atoms with Crippen LogP contribution < -0.4 is 4.72 Å². The number of aryl methyl sites for hydroxylation is 2. The fourth-order valence-corrected chi connectivity index (χ4v) is 3.88. The minimum atomic E-state index is -0.778. The Morgan fingerprint density at radius 2 is 2.27 bits per heavy atom. The highest BCUT2D eigenvalue weighted by Gasteiger charge is 2.17. The van der Waals surface area contributed by atoms with Crippen molar-refractivity contribution in [1.29, 1.82) is 0 Å². The lowest BCUT2D eigenvalue weighted by Gasteiger charge is -2.17. The molecule has 4 heteroatoms. The van der Waals surface area contributed by atoms with Crippen LogP contribution in [-0.2, 0) is 17.2 Å². The van der Waals surface area contributed by atoms with E-state index < -0.39 is 10.8 Å². The van der Waals surface area contributed by atoms with Crippen molar-refractivity contribution < 1.29 is 4.21 Å². The fourth-order valence-electron chi connectivity index (χ4n) is 1.86. The Bertz CT molecular complexity index is 404. The van der Waals surface area contributed by atoms with E-state index in [0.717, 1.165) is 23.5 Å². The van der Waals surface area contributed by atoms with E-state index in [9.17, 15) is 4.21 Å². The molecule has 0 amide bonds. The van der Waals surface area contributed by atoms with E-state index in [-0.39, 0.29) is 0 Å². The van der Waals surface area contributed by atoms with Crippen LogP contribution in [-0.4, -0.2) is 17.0 Å². The zero-order valence-electron chi connectivity index (χ0n) is 9.00. The number of benzene rings is 1. The molecule has 0 saturated carbocycles. The average Bonchev–Trinajstić information content (AvgIpc) is 2.21. The van der Waals surface area contributed by atoms with Gasteiger partial charge in [0.05, 0.1) is 10.8 Å². The Kier molecular flexibility index (Phi) is 3.49. The van der Waals surface area contributed by atoms with Gasteiger partial charge in [0.2, 0.25) is 0 Å². The van der Waals surface area contributed by atoms with Crippen molar-refractivity contribution in [3.8, 4) is 0 Å². The fraction of sp³-hybridized carbons (Fsp3) is 0.455. The van der Waals surface area contributed by atoms with Crippen LogP contribution in [0.4, 0.5) is 0 Å². The van der Waals surface area contributed by atoms with Crippen LogP contribution in [0, 0.1) is 6.92 Å². The van der Waals surface area contributed by atoms with E-state index in [1.165, 1.54) is 16.0 Å². The molecule has 0 saturated heterocycles. The third-order valence-electron chi connectivity index (χ3n) is 2.59. The van der Waals surface area contributed by atoms with Gasteiger partial charge in [-0.25, -0.2) is 0 Å². The lowest BCUT2D eigenvalue weighted by atomic mass is 10.1. The van der Waals surface area contributed by atoms with Gasteiger partial charge in [-0.05, 0) is 56.0 Å². The van der Waals surface area contributed by atoms with Gasteiger partial charge in [-0.15, -0.1) is 0 Å². The minimum Gasteiger partial charge on any atom is -0.263 e. The Labute approximate surface area is 97.4 Å². The molecular formula is C11H15NOS2. The van der Waals surface area contributed by atoms with Crippen molar-refractivity contribution in [2.45, 2.75) is 29.6 Å². The van der Waals surface area contributed by atoms with Crippen molar-refractivity contribution in [2.75, 3.05) is 12.8 Å². The molecule has 0 aliphatic carbocycles. The summed E-state index contributed by atoms with van der Waals surface area (Å²) in [5.41, 5.74) is 2.55. The van der Waals surface area contributed by atoms with Gasteiger partial charge in [-0.2, -0.15) is 0 Å². The Morgan fingerprint density at radius 3 is 3.00 bits per heavy atom. The van der Waals surface area contributed by atoms with Crippen LogP contribution >= 0.6 is 11.9 Å². The predicted molar refractivity (Wildman–Crippen MR) is 65.7 cm³/mol. The highest BCUT2D eigenvalue weighted by Crippen LogP contribution is 2.29. The summed E-state index contributed by atoms with van der Waals surface area (Å²) in [5.74, 6) is 0.819. The van der Waals surface area contributed by atoms with Crippen LogP contribution in [0.3, 0.4) is 0 Å². The maximum absolute atomic E-state index is 11.8. The lowest BCUT2D eigenvalue weighted by molar-refractivity contribution is 0.673. The Morgan fingerprint density at radius 1 is 1.47 bits per heavy atom. The molecule has 82 valence electrons. The molecule has 0 aromatic heterocycles. The van der Waals surface area contributed by atoms with Crippen molar-refractivity contribution >= 4 is 22.7 Å². The smallest absolute Gasteiger partial charge is 0.0532 e. The Hall–Kier alpha value is -0.320. The molecule has 2 rings (SSSR count). The molecule has 0 spiro atoms. The second kappa shape index (κ2) is 4.68. The van der Waals surface area contributed by atoms with Gasteiger partial charge in [-0.1, -0.05) is 6.07 Å². The van der Waals surface area contributed by atoms with E-state index in [1.54, 1.807) is 11.9 Å². The highest BCUT2D eigenvalue weighted by atomic mass is 32.2. The molecule has 1 heterocycles. The first kappa shape index (κ1) is 11.2. The third kappa shape index (κ3) is 2.27. The summed E-state index contributed by atoms with van der Waals surface area (Å²) >= 11 is 1.59. The molecule has 1 aromatic rings. The van der Waals surface area contributed by atoms with Gasteiger partial charge in [0.1, 0.15) is 0 Å². The first-order chi connectivity index (χ1) is 7.22. The van der Waals surface area contributed by atoms with Gasteiger partial charge >= 0.3 is 0 Å².